The predicted molar refractivity (Wildman–Crippen MR) is 87.2 cm³/mol. The van der Waals surface area contributed by atoms with E-state index in [2.05, 4.69) is 31.2 Å². The van der Waals surface area contributed by atoms with E-state index in [1.54, 1.807) is 11.1 Å². The molecule has 0 saturated heterocycles. The zero-order valence-corrected chi connectivity index (χ0v) is 15.8. The molecule has 0 aromatic carbocycles. The van der Waals surface area contributed by atoms with Gasteiger partial charge in [0.15, 0.2) is 0 Å². The molecule has 0 nitrogen and oxygen atoms in total. The summed E-state index contributed by atoms with van der Waals surface area (Å²) in [6, 6.07) is 0. The molecule has 0 aromatic rings. The molecule has 0 aromatic heterocycles. The minimum atomic E-state index is -1.46. The van der Waals surface area contributed by atoms with E-state index in [1.807, 2.05) is 11.1 Å². The standard InChI is InChI=1S/2C9H11.C2H5.Zr/c2*1-2-5-9-7-3-6-8(9)4-1;1-2;/h2*3,6-7H,1-2,4-5H2;1H2,2H3;. The number of hydrogen-bond donors (Lipinski definition) is 0. The van der Waals surface area contributed by atoms with Crippen LogP contribution in [0.4, 0.5) is 0 Å². The second-order valence-corrected chi connectivity index (χ2v) is 14.7. The van der Waals surface area contributed by atoms with Gasteiger partial charge in [0.25, 0.3) is 0 Å². The summed E-state index contributed by atoms with van der Waals surface area (Å²) in [6.07, 6.45) is 21.7. The quantitative estimate of drug-likeness (QED) is 0.540. The van der Waals surface area contributed by atoms with Crippen molar-refractivity contribution in [3.8, 4) is 0 Å². The molecule has 0 bridgehead atoms. The second kappa shape index (κ2) is 6.15. The molecular formula is C20H27Zr. The van der Waals surface area contributed by atoms with Gasteiger partial charge in [0.2, 0.25) is 0 Å². The first-order valence-electron chi connectivity index (χ1n) is 9.04. The molecule has 111 valence electrons. The van der Waals surface area contributed by atoms with E-state index in [1.165, 1.54) is 55.5 Å². The number of rotatable bonds is 3. The van der Waals surface area contributed by atoms with Gasteiger partial charge in [-0.05, 0) is 0 Å². The topological polar surface area (TPSA) is 0 Å². The summed E-state index contributed by atoms with van der Waals surface area (Å²) in [6.45, 7) is 2.50. The first-order valence-corrected chi connectivity index (χ1v) is 13.6. The van der Waals surface area contributed by atoms with Crippen LogP contribution in [0.25, 0.3) is 0 Å². The van der Waals surface area contributed by atoms with Crippen LogP contribution in [0.5, 0.6) is 0 Å². The molecule has 4 aliphatic carbocycles. The first kappa shape index (κ1) is 14.4. The average Bonchev–Trinajstić information content (AvgIpc) is 3.14. The Morgan fingerprint density at radius 2 is 1.29 bits per heavy atom. The molecule has 0 aliphatic heterocycles. The average molecular weight is 359 g/mol. The molecule has 1 heteroatoms. The van der Waals surface area contributed by atoms with E-state index < -0.39 is 21.8 Å². The Kier molecular flexibility index (Phi) is 4.23. The van der Waals surface area contributed by atoms with Gasteiger partial charge in [-0.25, -0.2) is 0 Å². The van der Waals surface area contributed by atoms with Gasteiger partial charge in [0.1, 0.15) is 0 Å². The summed E-state index contributed by atoms with van der Waals surface area (Å²) in [4.78, 5) is 0. The molecule has 2 unspecified atom stereocenters. The molecule has 0 heterocycles. The second-order valence-electron chi connectivity index (χ2n) is 7.12. The van der Waals surface area contributed by atoms with E-state index in [0.29, 0.717) is 0 Å². The third-order valence-electron chi connectivity index (χ3n) is 6.05. The first-order chi connectivity index (χ1) is 10.4. The van der Waals surface area contributed by atoms with Crippen LogP contribution in [-0.2, 0) is 21.8 Å². The van der Waals surface area contributed by atoms with Gasteiger partial charge in [-0.1, -0.05) is 0 Å². The van der Waals surface area contributed by atoms with Crippen molar-refractivity contribution in [1.82, 2.24) is 0 Å². The monoisotopic (exact) mass is 357 g/mol. The van der Waals surface area contributed by atoms with Gasteiger partial charge in [-0.3, -0.25) is 0 Å². The van der Waals surface area contributed by atoms with Crippen molar-refractivity contribution in [2.45, 2.75) is 69.7 Å². The molecule has 4 aliphatic rings. The van der Waals surface area contributed by atoms with Gasteiger partial charge < -0.3 is 0 Å². The fourth-order valence-electron chi connectivity index (χ4n) is 4.98. The molecule has 0 amide bonds. The molecule has 4 rings (SSSR count). The Balaban J connectivity index is 1.61. The van der Waals surface area contributed by atoms with Crippen LogP contribution < -0.4 is 0 Å². The fourth-order valence-corrected chi connectivity index (χ4v) is 13.6. The Bertz CT molecular complexity index is 498. The van der Waals surface area contributed by atoms with Crippen LogP contribution >= 0.6 is 0 Å². The summed E-state index contributed by atoms with van der Waals surface area (Å²) in [5, 5.41) is 0. The number of allylic oxidation sites excluding steroid dienone is 8. The van der Waals surface area contributed by atoms with Crippen molar-refractivity contribution >= 4 is 0 Å². The molecule has 0 N–H and O–H groups in total. The van der Waals surface area contributed by atoms with Crippen molar-refractivity contribution < 1.29 is 21.8 Å². The van der Waals surface area contributed by atoms with E-state index in [0.717, 1.165) is 7.25 Å². The van der Waals surface area contributed by atoms with Crippen molar-refractivity contribution in [3.63, 3.8) is 0 Å². The third kappa shape index (κ3) is 2.54. The van der Waals surface area contributed by atoms with Crippen LogP contribution in [0.3, 0.4) is 0 Å². The summed E-state index contributed by atoms with van der Waals surface area (Å²) in [5.74, 6) is 0. The van der Waals surface area contributed by atoms with Gasteiger partial charge in [0, 0.05) is 0 Å². The van der Waals surface area contributed by atoms with Crippen molar-refractivity contribution in [2.75, 3.05) is 0 Å². The Labute approximate surface area is 137 Å². The summed E-state index contributed by atoms with van der Waals surface area (Å²) in [7, 11) is 0. The molecule has 0 spiro atoms. The maximum atomic E-state index is 2.64. The van der Waals surface area contributed by atoms with Crippen LogP contribution in [0.1, 0.15) is 58.3 Å². The Hall–Kier alpha value is -0.157. The van der Waals surface area contributed by atoms with Crippen molar-refractivity contribution in [1.29, 1.82) is 0 Å². The molecule has 21 heavy (non-hydrogen) atoms. The normalized spacial score (nSPS) is 30.9. The fraction of sp³-hybridized carbons (Fsp3) is 0.600. The van der Waals surface area contributed by atoms with E-state index in [9.17, 15) is 0 Å². The van der Waals surface area contributed by atoms with Crippen LogP contribution in [0.15, 0.2) is 46.6 Å². The Morgan fingerprint density at radius 3 is 1.76 bits per heavy atom. The number of hydrogen-bond acceptors (Lipinski definition) is 0. The van der Waals surface area contributed by atoms with Gasteiger partial charge in [-0.2, -0.15) is 0 Å². The SMILES string of the molecule is C[CH2][Zr]([CH]1C=CC2=C1CCCC2)[CH]1C=CC2=C1CCCC2. The van der Waals surface area contributed by atoms with Crippen LogP contribution in [-0.4, -0.2) is 0 Å². The van der Waals surface area contributed by atoms with Gasteiger partial charge in [-0.15, -0.1) is 0 Å². The van der Waals surface area contributed by atoms with E-state index >= 15 is 0 Å². The van der Waals surface area contributed by atoms with Crippen molar-refractivity contribution in [3.05, 3.63) is 46.6 Å². The van der Waals surface area contributed by atoms with E-state index in [4.69, 9.17) is 0 Å². The van der Waals surface area contributed by atoms with Gasteiger partial charge in [0.05, 0.1) is 0 Å². The minimum absolute atomic E-state index is 0.941. The van der Waals surface area contributed by atoms with Crippen LogP contribution in [0, 0.1) is 0 Å². The van der Waals surface area contributed by atoms with Crippen LogP contribution in [0.2, 0.25) is 11.4 Å². The molecule has 0 radical (unpaired) electrons. The van der Waals surface area contributed by atoms with E-state index in [-0.39, 0.29) is 0 Å². The molecule has 0 fully saturated rings. The summed E-state index contributed by atoms with van der Waals surface area (Å²) >= 11 is -1.46. The molecular weight excluding hydrogens is 331 g/mol. The Morgan fingerprint density at radius 1 is 0.810 bits per heavy atom. The summed E-state index contributed by atoms with van der Waals surface area (Å²) in [5.41, 5.74) is 7.29. The van der Waals surface area contributed by atoms with Crippen molar-refractivity contribution in [2.24, 2.45) is 0 Å². The van der Waals surface area contributed by atoms with Gasteiger partial charge >= 0.3 is 138 Å². The molecule has 0 saturated carbocycles. The predicted octanol–water partition coefficient (Wildman–Crippen LogP) is 6.50. The zero-order chi connectivity index (χ0) is 14.2. The third-order valence-corrected chi connectivity index (χ3v) is 14.6. The maximum absolute atomic E-state index is 2.64. The zero-order valence-electron chi connectivity index (χ0n) is 13.3. The summed E-state index contributed by atoms with van der Waals surface area (Å²) < 4.78 is 3.40. The molecule has 2 atom stereocenters.